The topological polar surface area (TPSA) is 132 Å². The lowest BCUT2D eigenvalue weighted by Crippen LogP contribution is -2.57. The summed E-state index contributed by atoms with van der Waals surface area (Å²) in [6.45, 7) is 1.17. The molecular weight excluding hydrogens is 573 g/mol. The first-order chi connectivity index (χ1) is 18.3. The summed E-state index contributed by atoms with van der Waals surface area (Å²) in [5.74, 6) is -3.98. The number of hydrogen-bond acceptors (Lipinski definition) is 8. The van der Waals surface area contributed by atoms with Crippen molar-refractivity contribution in [3.63, 3.8) is 0 Å². The predicted octanol–water partition coefficient (Wildman–Crippen LogP) is 4.16. The number of aromatic nitrogens is 2. The first-order valence-electron chi connectivity index (χ1n) is 11.4. The molecule has 0 fully saturated rings. The fourth-order valence-corrected chi connectivity index (χ4v) is 5.17. The molecule has 2 aromatic rings. The van der Waals surface area contributed by atoms with Crippen molar-refractivity contribution in [2.75, 3.05) is 18.5 Å². The minimum atomic E-state index is -4.66. The molecular formula is C23H23F7N6O3S. The Bertz CT molecular complexity index is 1310. The normalized spacial score (nSPS) is 23.2. The van der Waals surface area contributed by atoms with E-state index >= 15 is 4.39 Å². The summed E-state index contributed by atoms with van der Waals surface area (Å²) in [5, 5.41) is 4.12. The van der Waals surface area contributed by atoms with E-state index in [1.54, 1.807) is 0 Å². The molecule has 1 aromatic heterocycles. The van der Waals surface area contributed by atoms with E-state index in [1.807, 2.05) is 5.32 Å². The van der Waals surface area contributed by atoms with Gasteiger partial charge >= 0.3 is 12.4 Å². The Morgan fingerprint density at radius 2 is 1.77 bits per heavy atom. The van der Waals surface area contributed by atoms with E-state index in [-0.39, 0.29) is 22.1 Å². The average molecular weight is 597 g/mol. The van der Waals surface area contributed by atoms with Gasteiger partial charge in [0.05, 0.1) is 17.9 Å². The molecule has 9 nitrogen and oxygen atoms in total. The van der Waals surface area contributed by atoms with Crippen LogP contribution in [-0.2, 0) is 10.3 Å². The number of halogens is 7. The van der Waals surface area contributed by atoms with Crippen LogP contribution in [0.4, 0.5) is 36.4 Å². The van der Waals surface area contributed by atoms with E-state index in [1.165, 1.54) is 32.9 Å². The number of hydrogen-bond donors (Lipinski definition) is 3. The molecule has 1 aliphatic heterocycles. The second-order valence-electron chi connectivity index (χ2n) is 9.12. The van der Waals surface area contributed by atoms with Gasteiger partial charge in [-0.05, 0) is 32.0 Å². The Morgan fingerprint density at radius 3 is 2.35 bits per heavy atom. The maximum atomic E-state index is 15.1. The third-order valence-corrected chi connectivity index (χ3v) is 7.51. The zero-order valence-electron chi connectivity index (χ0n) is 21.1. The van der Waals surface area contributed by atoms with Crippen LogP contribution in [0.2, 0.25) is 0 Å². The lowest BCUT2D eigenvalue weighted by atomic mass is 9.73. The number of amides is 2. The van der Waals surface area contributed by atoms with Crippen molar-refractivity contribution in [3.05, 3.63) is 47.7 Å². The lowest BCUT2D eigenvalue weighted by Gasteiger charge is -2.46. The molecule has 0 unspecified atom stereocenters. The minimum absolute atomic E-state index is 0.0456. The SMILES string of the molecule is C[C@@H]1[C@@](C)(C(=O)NCC(F)(F)F)SC(N)=N[C@]1(C)c1cc(NC(=O)c2cnc(OCC(F)(F)F)cn2)ccc1F. The molecule has 17 heteroatoms. The third kappa shape index (κ3) is 7.11. The van der Waals surface area contributed by atoms with Crippen molar-refractivity contribution in [2.45, 2.75) is 43.4 Å². The smallest absolute Gasteiger partial charge is 0.422 e. The Hall–Kier alpha value is -3.63. The van der Waals surface area contributed by atoms with Gasteiger partial charge in [-0.2, -0.15) is 26.3 Å². The van der Waals surface area contributed by atoms with Crippen LogP contribution in [0.3, 0.4) is 0 Å². The number of nitrogens with one attached hydrogen (secondary N) is 2. The van der Waals surface area contributed by atoms with Crippen LogP contribution in [0, 0.1) is 11.7 Å². The van der Waals surface area contributed by atoms with Crippen molar-refractivity contribution in [2.24, 2.45) is 16.6 Å². The summed E-state index contributed by atoms with van der Waals surface area (Å²) in [4.78, 5) is 37.1. The number of benzene rings is 1. The van der Waals surface area contributed by atoms with E-state index in [0.29, 0.717) is 0 Å². The number of amidine groups is 1. The van der Waals surface area contributed by atoms with Crippen LogP contribution in [-0.4, -0.2) is 57.2 Å². The second kappa shape index (κ2) is 11.1. The molecule has 0 bridgehead atoms. The van der Waals surface area contributed by atoms with E-state index in [0.717, 1.165) is 30.2 Å². The van der Waals surface area contributed by atoms with Gasteiger partial charge in [0.25, 0.3) is 5.91 Å². The minimum Gasteiger partial charge on any atom is -0.467 e. The summed E-state index contributed by atoms with van der Waals surface area (Å²) in [6, 6.07) is 3.44. The summed E-state index contributed by atoms with van der Waals surface area (Å²) in [5.41, 5.74) is 4.02. The van der Waals surface area contributed by atoms with E-state index < -0.39 is 65.2 Å². The number of aliphatic imine (C=N–C) groups is 1. The van der Waals surface area contributed by atoms with E-state index in [2.05, 4.69) is 25.0 Å². The number of anilines is 1. The summed E-state index contributed by atoms with van der Waals surface area (Å²) < 4.78 is 92.9. The van der Waals surface area contributed by atoms with Gasteiger partial charge in [0.15, 0.2) is 11.8 Å². The van der Waals surface area contributed by atoms with E-state index in [9.17, 15) is 35.9 Å². The number of rotatable bonds is 7. The van der Waals surface area contributed by atoms with Crippen molar-refractivity contribution in [1.29, 1.82) is 0 Å². The fourth-order valence-electron chi connectivity index (χ4n) is 3.93. The highest BCUT2D eigenvalue weighted by molar-refractivity contribution is 8.15. The van der Waals surface area contributed by atoms with Gasteiger partial charge in [-0.1, -0.05) is 18.7 Å². The molecule has 1 aromatic carbocycles. The molecule has 4 N–H and O–H groups in total. The number of carbonyl (C=O) groups excluding carboxylic acids is 2. The molecule has 40 heavy (non-hydrogen) atoms. The first kappa shape index (κ1) is 30.9. The van der Waals surface area contributed by atoms with E-state index in [4.69, 9.17) is 5.73 Å². The van der Waals surface area contributed by atoms with Gasteiger partial charge in [-0.3, -0.25) is 14.6 Å². The van der Waals surface area contributed by atoms with Crippen LogP contribution in [0.1, 0.15) is 36.8 Å². The number of thioether (sulfide) groups is 1. The molecule has 1 aliphatic rings. The number of alkyl halides is 6. The predicted molar refractivity (Wildman–Crippen MR) is 131 cm³/mol. The molecule has 3 atom stereocenters. The number of carbonyl (C=O) groups is 2. The Morgan fingerprint density at radius 1 is 1.10 bits per heavy atom. The quantitative estimate of drug-likeness (QED) is 0.409. The van der Waals surface area contributed by atoms with Gasteiger partial charge in [-0.15, -0.1) is 0 Å². The molecule has 0 spiro atoms. The standard InChI is InChI=1S/C23H23F7N6O3S/c1-11-20(2,36-19(31)40-21(11,3)18(38)34-9-22(25,26)27)13-6-12(4-5-14(13)24)35-17(37)15-7-33-16(8-32-15)39-10-23(28,29)30/h4-8,11H,9-10H2,1-3H3,(H2,31,36)(H,34,38)(H,35,37)/t11-,20-,21-/m0/s1. The van der Waals surface area contributed by atoms with Crippen molar-refractivity contribution < 1.29 is 45.1 Å². The zero-order valence-corrected chi connectivity index (χ0v) is 21.9. The fraction of sp³-hybridized carbons (Fsp3) is 0.435. The molecule has 2 amide bonds. The van der Waals surface area contributed by atoms with Crippen LogP contribution >= 0.6 is 11.8 Å². The average Bonchev–Trinajstić information content (AvgIpc) is 2.85. The maximum absolute atomic E-state index is 15.1. The molecule has 0 saturated carbocycles. The molecule has 218 valence electrons. The molecule has 0 aliphatic carbocycles. The lowest BCUT2D eigenvalue weighted by molar-refractivity contribution is -0.154. The van der Waals surface area contributed by atoms with Crippen LogP contribution in [0.25, 0.3) is 0 Å². The van der Waals surface area contributed by atoms with Gasteiger partial charge in [0.2, 0.25) is 11.8 Å². The molecule has 3 rings (SSSR count). The number of nitrogens with two attached hydrogens (primary N) is 1. The second-order valence-corrected chi connectivity index (χ2v) is 10.6. The first-order valence-corrected chi connectivity index (χ1v) is 12.2. The third-order valence-electron chi connectivity index (χ3n) is 6.24. The summed E-state index contributed by atoms with van der Waals surface area (Å²) >= 11 is 0.745. The highest BCUT2D eigenvalue weighted by atomic mass is 32.2. The molecule has 0 radical (unpaired) electrons. The largest absolute Gasteiger partial charge is 0.467 e. The molecule has 2 heterocycles. The van der Waals surface area contributed by atoms with Crippen molar-refractivity contribution in [3.8, 4) is 5.88 Å². The summed E-state index contributed by atoms with van der Waals surface area (Å²) in [7, 11) is 0. The monoisotopic (exact) mass is 596 g/mol. The Balaban J connectivity index is 1.85. The van der Waals surface area contributed by atoms with Gasteiger partial charge < -0.3 is 21.1 Å². The zero-order chi connectivity index (χ0) is 30.1. The van der Waals surface area contributed by atoms with Crippen LogP contribution in [0.5, 0.6) is 5.88 Å². The number of nitrogens with zero attached hydrogens (tertiary/aromatic N) is 3. The van der Waals surface area contributed by atoms with Gasteiger partial charge in [0, 0.05) is 17.2 Å². The Labute approximate surface area is 227 Å². The highest BCUT2D eigenvalue weighted by Gasteiger charge is 2.54. The Kier molecular flexibility index (Phi) is 8.57. The molecule has 0 saturated heterocycles. The summed E-state index contributed by atoms with van der Waals surface area (Å²) in [6.07, 6.45) is -7.55. The van der Waals surface area contributed by atoms with Crippen LogP contribution < -0.4 is 21.1 Å². The van der Waals surface area contributed by atoms with Gasteiger partial charge in [-0.25, -0.2) is 14.4 Å². The van der Waals surface area contributed by atoms with Crippen molar-refractivity contribution in [1.82, 2.24) is 15.3 Å². The maximum Gasteiger partial charge on any atom is 0.422 e. The van der Waals surface area contributed by atoms with Gasteiger partial charge in [0.1, 0.15) is 22.8 Å². The number of ether oxygens (including phenoxy) is 1. The highest BCUT2D eigenvalue weighted by Crippen LogP contribution is 2.50. The van der Waals surface area contributed by atoms with Crippen molar-refractivity contribution >= 4 is 34.4 Å². The van der Waals surface area contributed by atoms with Crippen LogP contribution in [0.15, 0.2) is 35.6 Å².